The molecule has 0 heterocycles. The molecule has 0 aliphatic carbocycles. The van der Waals surface area contributed by atoms with Gasteiger partial charge < -0.3 is 15.7 Å². The van der Waals surface area contributed by atoms with Gasteiger partial charge in [0, 0.05) is 18.7 Å². The number of phenolic OH excluding ortho intramolecular Hbond substituents is 1. The van der Waals surface area contributed by atoms with Crippen LogP contribution in [0.2, 0.25) is 0 Å². The fraction of sp³-hybridized carbons (Fsp3) is 0.533. The average Bonchev–Trinajstić information content (AvgIpc) is 2.56. The van der Waals surface area contributed by atoms with Crippen LogP contribution in [0.5, 0.6) is 5.75 Å². The molecule has 3 N–H and O–H groups in total. The molecule has 0 aromatic heterocycles. The van der Waals surface area contributed by atoms with Gasteiger partial charge in [-0.3, -0.25) is 4.79 Å². The van der Waals surface area contributed by atoms with Crippen LogP contribution in [0.15, 0.2) is 18.2 Å². The van der Waals surface area contributed by atoms with Crippen LogP contribution in [0.1, 0.15) is 24.2 Å². The van der Waals surface area contributed by atoms with Crippen LogP contribution in [0.4, 0.5) is 5.69 Å². The molecule has 12 heteroatoms. The summed E-state index contributed by atoms with van der Waals surface area (Å²) in [5.41, 5.74) is 5.62. The van der Waals surface area contributed by atoms with E-state index in [4.69, 9.17) is 28.9 Å². The molecular weight excluding hydrogens is 439 g/mol. The molecule has 0 bridgehead atoms. The van der Waals surface area contributed by atoms with Crippen molar-refractivity contribution in [3.05, 3.63) is 23.8 Å². The molecule has 0 spiro atoms. The van der Waals surface area contributed by atoms with E-state index in [0.29, 0.717) is 0 Å². The Labute approximate surface area is 169 Å². The quantitative estimate of drug-likeness (QED) is 0.323. The van der Waals surface area contributed by atoms with E-state index in [1.54, 1.807) is 0 Å². The third-order valence-electron chi connectivity index (χ3n) is 3.84. The summed E-state index contributed by atoms with van der Waals surface area (Å²) in [6.45, 7) is 2.07. The molecule has 2 atom stereocenters. The zero-order chi connectivity index (χ0) is 21.0. The van der Waals surface area contributed by atoms with Gasteiger partial charge in [-0.2, -0.15) is 0 Å². The fourth-order valence-corrected chi connectivity index (χ4v) is 4.12. The maximum absolute atomic E-state index is 12.7. The van der Waals surface area contributed by atoms with E-state index < -0.39 is 46.5 Å². The minimum Gasteiger partial charge on any atom is -0.506 e. The summed E-state index contributed by atoms with van der Waals surface area (Å²) < 4.78 is 45.5. The Morgan fingerprint density at radius 1 is 1.07 bits per heavy atom. The van der Waals surface area contributed by atoms with Gasteiger partial charge in [0.25, 0.3) is 5.91 Å². The molecular formula is C15H22Cl2N2O6S2. The van der Waals surface area contributed by atoms with Gasteiger partial charge in [-0.15, -0.1) is 23.2 Å². The lowest BCUT2D eigenvalue weighted by Crippen LogP contribution is -2.40. The van der Waals surface area contributed by atoms with Gasteiger partial charge in [0.1, 0.15) is 15.2 Å². The highest BCUT2D eigenvalue weighted by atomic mass is 35.5. The standard InChI is InChI=1S/C15H22Cl2N2O6S2/c1-10(16)26(22,23)7-5-19(6-8-27(24,25)11(2)17)15(21)12-3-4-14(20)13(18)9-12/h3-4,9-11,20H,5-8,18H2,1-2H3. The van der Waals surface area contributed by atoms with Crippen molar-refractivity contribution >= 4 is 54.5 Å². The lowest BCUT2D eigenvalue weighted by atomic mass is 10.1. The van der Waals surface area contributed by atoms with Crippen LogP contribution < -0.4 is 5.73 Å². The maximum Gasteiger partial charge on any atom is 0.253 e. The van der Waals surface area contributed by atoms with Crippen LogP contribution in [0.25, 0.3) is 0 Å². The second-order valence-corrected chi connectivity index (χ2v) is 12.6. The number of alkyl halides is 2. The summed E-state index contributed by atoms with van der Waals surface area (Å²) in [6.07, 6.45) is 0. The number of hydrogen-bond acceptors (Lipinski definition) is 7. The van der Waals surface area contributed by atoms with Crippen molar-refractivity contribution < 1.29 is 26.7 Å². The number of carbonyl (C=O) groups excluding carboxylic acids is 1. The Morgan fingerprint density at radius 2 is 1.52 bits per heavy atom. The molecule has 27 heavy (non-hydrogen) atoms. The van der Waals surface area contributed by atoms with Crippen LogP contribution in [0.3, 0.4) is 0 Å². The summed E-state index contributed by atoms with van der Waals surface area (Å²) in [4.78, 5) is 13.8. The molecule has 0 radical (unpaired) electrons. The number of nitrogens with zero attached hydrogens (tertiary/aromatic N) is 1. The molecule has 8 nitrogen and oxygen atoms in total. The van der Waals surface area contributed by atoms with E-state index in [-0.39, 0.29) is 30.1 Å². The van der Waals surface area contributed by atoms with Gasteiger partial charge >= 0.3 is 0 Å². The van der Waals surface area contributed by atoms with E-state index in [0.717, 1.165) is 4.90 Å². The van der Waals surface area contributed by atoms with Crippen molar-refractivity contribution in [1.82, 2.24) is 4.90 Å². The molecule has 0 fully saturated rings. The first-order valence-corrected chi connectivity index (χ1v) is 12.2. The maximum atomic E-state index is 12.7. The Hall–Kier alpha value is -1.23. The van der Waals surface area contributed by atoms with Gasteiger partial charge in [0.05, 0.1) is 17.2 Å². The van der Waals surface area contributed by atoms with E-state index in [1.807, 2.05) is 0 Å². The van der Waals surface area contributed by atoms with Crippen LogP contribution >= 0.6 is 23.2 Å². The Bertz CT molecular complexity index is 844. The number of nitrogens with two attached hydrogens (primary N) is 1. The highest BCUT2D eigenvalue weighted by Crippen LogP contribution is 2.21. The molecule has 1 amide bonds. The smallest absolute Gasteiger partial charge is 0.253 e. The predicted molar refractivity (Wildman–Crippen MR) is 107 cm³/mol. The number of rotatable bonds is 9. The summed E-state index contributed by atoms with van der Waals surface area (Å²) in [5.74, 6) is -1.72. The first-order valence-electron chi connectivity index (χ1n) is 7.87. The number of benzene rings is 1. The van der Waals surface area contributed by atoms with E-state index in [9.17, 15) is 26.7 Å². The SMILES string of the molecule is CC(Cl)S(=O)(=O)CCN(CCS(=O)(=O)C(C)Cl)C(=O)c1ccc(O)c(N)c1. The number of amides is 1. The Kier molecular flexibility index (Phi) is 8.21. The molecule has 0 saturated heterocycles. The van der Waals surface area contributed by atoms with Gasteiger partial charge in [0.15, 0.2) is 19.7 Å². The molecule has 1 rings (SSSR count). The first kappa shape index (κ1) is 23.8. The summed E-state index contributed by atoms with van der Waals surface area (Å²) in [7, 11) is -7.33. The number of nitrogen functional groups attached to an aromatic ring is 1. The normalized spacial score (nSPS) is 14.5. The monoisotopic (exact) mass is 460 g/mol. The molecule has 1 aromatic rings. The van der Waals surface area contributed by atoms with Gasteiger partial charge in [0.2, 0.25) is 0 Å². The van der Waals surface area contributed by atoms with Crippen molar-refractivity contribution in [3.63, 3.8) is 0 Å². The molecule has 0 saturated carbocycles. The van der Waals surface area contributed by atoms with Crippen LogP contribution in [0, 0.1) is 0 Å². The van der Waals surface area contributed by atoms with Crippen molar-refractivity contribution in [3.8, 4) is 5.75 Å². The minimum atomic E-state index is -3.66. The lowest BCUT2D eigenvalue weighted by molar-refractivity contribution is 0.0775. The summed E-state index contributed by atoms with van der Waals surface area (Å²) >= 11 is 11.3. The molecule has 2 unspecified atom stereocenters. The highest BCUT2D eigenvalue weighted by Gasteiger charge is 2.26. The zero-order valence-electron chi connectivity index (χ0n) is 14.8. The first-order chi connectivity index (χ1) is 12.3. The number of halogens is 2. The third kappa shape index (κ3) is 6.70. The molecule has 1 aromatic carbocycles. The van der Waals surface area contributed by atoms with E-state index in [2.05, 4.69) is 0 Å². The number of anilines is 1. The number of carbonyl (C=O) groups is 1. The third-order valence-corrected chi connectivity index (χ3v) is 8.95. The number of sulfone groups is 2. The largest absolute Gasteiger partial charge is 0.506 e. The minimum absolute atomic E-state index is 0.0372. The second kappa shape index (κ2) is 9.31. The Morgan fingerprint density at radius 3 is 1.89 bits per heavy atom. The zero-order valence-corrected chi connectivity index (χ0v) is 17.9. The highest BCUT2D eigenvalue weighted by molar-refractivity contribution is 7.93. The molecule has 0 aliphatic rings. The van der Waals surface area contributed by atoms with Crippen molar-refractivity contribution in [2.24, 2.45) is 0 Å². The van der Waals surface area contributed by atoms with Gasteiger partial charge in [-0.1, -0.05) is 0 Å². The number of hydrogen-bond donors (Lipinski definition) is 2. The van der Waals surface area contributed by atoms with Gasteiger partial charge in [-0.25, -0.2) is 16.8 Å². The van der Waals surface area contributed by atoms with Crippen LogP contribution in [-0.4, -0.2) is 66.8 Å². The van der Waals surface area contributed by atoms with E-state index in [1.165, 1.54) is 32.0 Å². The number of aromatic hydroxyl groups is 1. The van der Waals surface area contributed by atoms with Crippen molar-refractivity contribution in [1.29, 1.82) is 0 Å². The topological polar surface area (TPSA) is 135 Å². The molecule has 154 valence electrons. The second-order valence-electron chi connectivity index (χ2n) is 5.89. The van der Waals surface area contributed by atoms with Crippen molar-refractivity contribution in [2.45, 2.75) is 23.3 Å². The van der Waals surface area contributed by atoms with Crippen molar-refractivity contribution in [2.75, 3.05) is 30.3 Å². The lowest BCUT2D eigenvalue weighted by Gasteiger charge is -2.23. The van der Waals surface area contributed by atoms with Crippen LogP contribution in [-0.2, 0) is 19.7 Å². The van der Waals surface area contributed by atoms with Gasteiger partial charge in [-0.05, 0) is 32.0 Å². The summed E-state index contributed by atoms with van der Waals surface area (Å²) in [5, 5.41) is 9.47. The summed E-state index contributed by atoms with van der Waals surface area (Å²) in [6, 6.07) is 3.75. The fourth-order valence-electron chi connectivity index (χ4n) is 1.98. The predicted octanol–water partition coefficient (Wildman–Crippen LogP) is 1.42. The number of phenols is 1. The molecule has 0 aliphatic heterocycles. The average molecular weight is 461 g/mol. The Balaban J connectivity index is 3.08. The van der Waals surface area contributed by atoms with E-state index >= 15 is 0 Å².